The third-order valence-corrected chi connectivity index (χ3v) is 3.62. The van der Waals surface area contributed by atoms with Crippen molar-refractivity contribution in [3.63, 3.8) is 0 Å². The summed E-state index contributed by atoms with van der Waals surface area (Å²) in [4.78, 5) is 21.0. The summed E-state index contributed by atoms with van der Waals surface area (Å²) in [5.41, 5.74) is 1.46. The number of hydrogen-bond donors (Lipinski definition) is 0. The summed E-state index contributed by atoms with van der Waals surface area (Å²) in [6.07, 6.45) is 3.40. The number of hydrogen-bond acceptors (Lipinski definition) is 4. The number of pyridine rings is 1. The fourth-order valence-electron chi connectivity index (χ4n) is 2.53. The number of nitrogens with zero attached hydrogens (tertiary/aromatic N) is 5. The zero-order valence-electron chi connectivity index (χ0n) is 11.7. The Bertz CT molecular complexity index is 636. The Morgan fingerprint density at radius 1 is 1.30 bits per heavy atom. The van der Waals surface area contributed by atoms with Crippen molar-refractivity contribution in [2.45, 2.75) is 6.92 Å². The molecule has 3 rings (SSSR count). The van der Waals surface area contributed by atoms with Crippen LogP contribution in [0.2, 0.25) is 0 Å². The molecule has 0 bridgehead atoms. The molecule has 20 heavy (non-hydrogen) atoms. The molecule has 1 aliphatic heterocycles. The van der Waals surface area contributed by atoms with E-state index in [-0.39, 0.29) is 5.91 Å². The van der Waals surface area contributed by atoms with Gasteiger partial charge in [-0.2, -0.15) is 5.10 Å². The molecule has 0 aliphatic carbocycles. The Labute approximate surface area is 117 Å². The van der Waals surface area contributed by atoms with Crippen molar-refractivity contribution in [1.29, 1.82) is 0 Å². The van der Waals surface area contributed by atoms with Gasteiger partial charge in [0.1, 0.15) is 5.69 Å². The Morgan fingerprint density at radius 2 is 2.15 bits per heavy atom. The number of aromatic nitrogens is 3. The van der Waals surface area contributed by atoms with Crippen LogP contribution in [0.15, 0.2) is 30.6 Å². The zero-order chi connectivity index (χ0) is 14.1. The van der Waals surface area contributed by atoms with E-state index in [0.29, 0.717) is 12.2 Å². The zero-order valence-corrected chi connectivity index (χ0v) is 11.7. The molecule has 1 amide bonds. The molecule has 0 radical (unpaired) electrons. The highest BCUT2D eigenvalue weighted by Gasteiger charge is 2.28. The molecule has 6 nitrogen and oxygen atoms in total. The maximum atomic E-state index is 12.7. The van der Waals surface area contributed by atoms with Crippen molar-refractivity contribution in [3.05, 3.63) is 36.3 Å². The molecule has 0 N–H and O–H groups in total. The second-order valence-electron chi connectivity index (χ2n) is 4.72. The molecule has 0 aromatic carbocycles. The molecule has 0 atom stereocenters. The predicted octanol–water partition coefficient (Wildman–Crippen LogP) is 1.30. The van der Waals surface area contributed by atoms with Crippen molar-refractivity contribution in [2.24, 2.45) is 7.05 Å². The van der Waals surface area contributed by atoms with Gasteiger partial charge in [0.15, 0.2) is 5.82 Å². The highest BCUT2D eigenvalue weighted by Crippen LogP contribution is 2.31. The van der Waals surface area contributed by atoms with Crippen LogP contribution in [0.5, 0.6) is 0 Å². The third-order valence-electron chi connectivity index (χ3n) is 3.62. The van der Waals surface area contributed by atoms with E-state index >= 15 is 0 Å². The standard InChI is InChI=1S/C14H17N5O/c1-3-18-9-10-19(11-5-4-7-15-13(11)18)14(20)12-6-8-16-17(12)2/h4-8H,3,9-10H2,1-2H3. The van der Waals surface area contributed by atoms with Crippen LogP contribution in [0.4, 0.5) is 11.5 Å². The fourth-order valence-corrected chi connectivity index (χ4v) is 2.53. The van der Waals surface area contributed by atoms with E-state index < -0.39 is 0 Å². The van der Waals surface area contributed by atoms with Crippen molar-refractivity contribution in [1.82, 2.24) is 14.8 Å². The quantitative estimate of drug-likeness (QED) is 0.826. The van der Waals surface area contributed by atoms with Crippen LogP contribution in [0.25, 0.3) is 0 Å². The monoisotopic (exact) mass is 271 g/mol. The van der Waals surface area contributed by atoms with E-state index in [1.165, 1.54) is 0 Å². The number of rotatable bonds is 2. The average molecular weight is 271 g/mol. The maximum Gasteiger partial charge on any atom is 0.276 e. The smallest absolute Gasteiger partial charge is 0.276 e. The van der Waals surface area contributed by atoms with E-state index in [4.69, 9.17) is 0 Å². The summed E-state index contributed by atoms with van der Waals surface area (Å²) in [6, 6.07) is 5.55. The first-order chi connectivity index (χ1) is 9.72. The van der Waals surface area contributed by atoms with Crippen LogP contribution in [-0.2, 0) is 7.05 Å². The van der Waals surface area contributed by atoms with Gasteiger partial charge in [0.05, 0.1) is 5.69 Å². The van der Waals surface area contributed by atoms with Gasteiger partial charge in [0.25, 0.3) is 5.91 Å². The van der Waals surface area contributed by atoms with Crippen LogP contribution in [0.3, 0.4) is 0 Å². The van der Waals surface area contributed by atoms with Crippen molar-refractivity contribution >= 4 is 17.4 Å². The van der Waals surface area contributed by atoms with Gasteiger partial charge >= 0.3 is 0 Å². The summed E-state index contributed by atoms with van der Waals surface area (Å²) < 4.78 is 1.60. The Balaban J connectivity index is 2.00. The SMILES string of the molecule is CCN1CCN(C(=O)c2ccnn2C)c2cccnc21. The van der Waals surface area contributed by atoms with Gasteiger partial charge in [-0.3, -0.25) is 9.48 Å². The lowest BCUT2D eigenvalue weighted by Crippen LogP contribution is -2.45. The van der Waals surface area contributed by atoms with Gasteiger partial charge in [-0.25, -0.2) is 4.98 Å². The summed E-state index contributed by atoms with van der Waals surface area (Å²) in [6.45, 7) is 4.44. The van der Waals surface area contributed by atoms with Crippen molar-refractivity contribution in [2.75, 3.05) is 29.4 Å². The molecule has 2 aromatic rings. The van der Waals surface area contributed by atoms with E-state index in [1.807, 2.05) is 12.1 Å². The second kappa shape index (κ2) is 4.96. The lowest BCUT2D eigenvalue weighted by Gasteiger charge is -2.35. The van der Waals surface area contributed by atoms with E-state index in [9.17, 15) is 4.79 Å². The third kappa shape index (κ3) is 1.93. The molecule has 0 saturated heterocycles. The topological polar surface area (TPSA) is 54.3 Å². The molecule has 2 aromatic heterocycles. The first-order valence-corrected chi connectivity index (χ1v) is 6.72. The van der Waals surface area contributed by atoms with Crippen LogP contribution in [-0.4, -0.2) is 40.3 Å². The first kappa shape index (κ1) is 12.7. The summed E-state index contributed by atoms with van der Waals surface area (Å²) in [7, 11) is 1.78. The largest absolute Gasteiger partial charge is 0.353 e. The second-order valence-corrected chi connectivity index (χ2v) is 4.72. The number of carbonyl (C=O) groups is 1. The van der Waals surface area contributed by atoms with Crippen molar-refractivity contribution < 1.29 is 4.79 Å². The lowest BCUT2D eigenvalue weighted by atomic mass is 10.2. The number of aryl methyl sites for hydroxylation is 1. The number of likely N-dealkylation sites (N-methyl/N-ethyl adjacent to an activating group) is 1. The fraction of sp³-hybridized carbons (Fsp3) is 0.357. The van der Waals surface area contributed by atoms with Gasteiger partial charge in [-0.15, -0.1) is 0 Å². The van der Waals surface area contributed by atoms with Gasteiger partial charge < -0.3 is 9.80 Å². The normalized spacial score (nSPS) is 14.3. The van der Waals surface area contributed by atoms with Crippen LogP contribution in [0, 0.1) is 0 Å². The number of fused-ring (bicyclic) bond motifs is 1. The predicted molar refractivity (Wildman–Crippen MR) is 77.0 cm³/mol. The average Bonchev–Trinajstić information content (AvgIpc) is 2.91. The molecular formula is C14H17N5O. The number of anilines is 2. The van der Waals surface area contributed by atoms with Gasteiger partial charge in [0.2, 0.25) is 0 Å². The minimum atomic E-state index is -0.0324. The van der Waals surface area contributed by atoms with Gasteiger partial charge in [-0.1, -0.05) is 0 Å². The Kier molecular flexibility index (Phi) is 3.14. The maximum absolute atomic E-state index is 12.7. The Morgan fingerprint density at radius 3 is 2.85 bits per heavy atom. The summed E-state index contributed by atoms with van der Waals surface area (Å²) in [5.74, 6) is 0.840. The molecule has 0 spiro atoms. The lowest BCUT2D eigenvalue weighted by molar-refractivity contribution is 0.0977. The summed E-state index contributed by atoms with van der Waals surface area (Å²) in [5, 5.41) is 4.06. The molecule has 104 valence electrons. The summed E-state index contributed by atoms with van der Waals surface area (Å²) >= 11 is 0. The van der Waals surface area contributed by atoms with Gasteiger partial charge in [0, 0.05) is 39.1 Å². The first-order valence-electron chi connectivity index (χ1n) is 6.72. The van der Waals surface area contributed by atoms with Gasteiger partial charge in [-0.05, 0) is 25.1 Å². The van der Waals surface area contributed by atoms with Crippen LogP contribution in [0.1, 0.15) is 17.4 Å². The molecule has 1 aliphatic rings. The van der Waals surface area contributed by atoms with Crippen molar-refractivity contribution in [3.8, 4) is 0 Å². The molecule has 0 saturated carbocycles. The molecule has 3 heterocycles. The molecular weight excluding hydrogens is 254 g/mol. The van der Waals surface area contributed by atoms with Crippen LogP contribution >= 0.6 is 0 Å². The van der Waals surface area contributed by atoms with E-state index in [0.717, 1.165) is 24.6 Å². The minimum Gasteiger partial charge on any atom is -0.353 e. The highest BCUT2D eigenvalue weighted by molar-refractivity contribution is 6.07. The highest BCUT2D eigenvalue weighted by atomic mass is 16.2. The number of carbonyl (C=O) groups excluding carboxylic acids is 1. The number of amides is 1. The molecule has 6 heteroatoms. The minimum absolute atomic E-state index is 0.0324. The van der Waals surface area contributed by atoms with E-state index in [1.54, 1.807) is 35.1 Å². The molecule has 0 unspecified atom stereocenters. The van der Waals surface area contributed by atoms with E-state index in [2.05, 4.69) is 21.9 Å². The van der Waals surface area contributed by atoms with Crippen LogP contribution < -0.4 is 9.80 Å². The molecule has 0 fully saturated rings. The Hall–Kier alpha value is -2.37.